The zero-order chi connectivity index (χ0) is 24.9. The van der Waals surface area contributed by atoms with Crippen LogP contribution in [0.25, 0.3) is 11.1 Å². The molecule has 0 heterocycles. The van der Waals surface area contributed by atoms with E-state index >= 15 is 0 Å². The molecule has 0 radical (unpaired) electrons. The topological polar surface area (TPSA) is 114 Å². The van der Waals surface area contributed by atoms with Crippen LogP contribution in [0.4, 0.5) is 4.79 Å². The molecule has 1 aliphatic carbocycles. The number of carboxylic acid groups (broad SMARTS) is 1. The van der Waals surface area contributed by atoms with Gasteiger partial charge in [0.1, 0.15) is 12.6 Å². The van der Waals surface area contributed by atoms with E-state index in [1.165, 1.54) is 7.11 Å². The van der Waals surface area contributed by atoms with Crippen molar-refractivity contribution < 1.29 is 29.0 Å². The average molecular weight is 469 g/mol. The van der Waals surface area contributed by atoms with Crippen molar-refractivity contribution in [3.63, 3.8) is 0 Å². The molecule has 2 atom stereocenters. The van der Waals surface area contributed by atoms with E-state index in [4.69, 9.17) is 9.47 Å². The van der Waals surface area contributed by atoms with Gasteiger partial charge < -0.3 is 25.2 Å². The second kappa shape index (κ2) is 10.7. The van der Waals surface area contributed by atoms with E-state index in [9.17, 15) is 19.5 Å². The summed E-state index contributed by atoms with van der Waals surface area (Å²) < 4.78 is 10.8. The summed E-state index contributed by atoms with van der Waals surface area (Å²) >= 11 is 0. The molecule has 3 N–H and O–H groups in total. The number of carbonyl (C=O) groups excluding carboxylic acids is 2. The van der Waals surface area contributed by atoms with Crippen molar-refractivity contribution in [3.05, 3.63) is 59.7 Å². The molecule has 2 unspecified atom stereocenters. The van der Waals surface area contributed by atoms with Gasteiger partial charge in [-0.05, 0) is 27.7 Å². The van der Waals surface area contributed by atoms with Gasteiger partial charge in [-0.15, -0.1) is 0 Å². The standard InChI is InChI=1S/C26H32N2O6/c1-26(2,3)23(24(30)31)28-22(29)13-16(33-4)14-27-25(32)34-15-21-19-11-7-5-9-17(19)18-10-6-8-12-20(18)21/h5-12,16,21,23H,13-15H2,1-4H3,(H,27,32)(H,28,29)(H,30,31). The first-order chi connectivity index (χ1) is 16.1. The van der Waals surface area contributed by atoms with Gasteiger partial charge in [0.2, 0.25) is 5.91 Å². The minimum atomic E-state index is -1.11. The minimum Gasteiger partial charge on any atom is -0.480 e. The fourth-order valence-corrected chi connectivity index (χ4v) is 4.16. The summed E-state index contributed by atoms with van der Waals surface area (Å²) in [5.41, 5.74) is 3.88. The van der Waals surface area contributed by atoms with Gasteiger partial charge in [0, 0.05) is 19.6 Å². The summed E-state index contributed by atoms with van der Waals surface area (Å²) in [6.45, 7) is 5.44. The highest BCUT2D eigenvalue weighted by atomic mass is 16.5. The second-order valence-electron chi connectivity index (χ2n) is 9.47. The van der Waals surface area contributed by atoms with Gasteiger partial charge in [0.05, 0.1) is 12.5 Å². The van der Waals surface area contributed by atoms with Gasteiger partial charge in [0.15, 0.2) is 0 Å². The van der Waals surface area contributed by atoms with E-state index in [0.717, 1.165) is 22.3 Å². The van der Waals surface area contributed by atoms with Crippen LogP contribution >= 0.6 is 0 Å². The molecule has 8 heteroatoms. The van der Waals surface area contributed by atoms with Crippen LogP contribution in [-0.2, 0) is 19.1 Å². The van der Waals surface area contributed by atoms with Crippen LogP contribution in [0.15, 0.2) is 48.5 Å². The highest BCUT2D eigenvalue weighted by molar-refractivity contribution is 5.84. The number of fused-ring (bicyclic) bond motifs is 3. The highest BCUT2D eigenvalue weighted by Gasteiger charge is 2.33. The lowest BCUT2D eigenvalue weighted by Crippen LogP contribution is -2.50. The Hall–Kier alpha value is -3.39. The van der Waals surface area contributed by atoms with E-state index in [1.807, 2.05) is 36.4 Å². The number of nitrogens with one attached hydrogen (secondary N) is 2. The van der Waals surface area contributed by atoms with Gasteiger partial charge in [-0.25, -0.2) is 9.59 Å². The number of rotatable bonds is 9. The van der Waals surface area contributed by atoms with E-state index in [0.29, 0.717) is 0 Å². The largest absolute Gasteiger partial charge is 0.480 e. The third kappa shape index (κ3) is 5.94. The number of hydrogen-bond acceptors (Lipinski definition) is 5. The predicted octanol–water partition coefficient (Wildman–Crippen LogP) is 3.55. The van der Waals surface area contributed by atoms with Gasteiger partial charge >= 0.3 is 12.1 Å². The maximum atomic E-state index is 12.4. The smallest absolute Gasteiger partial charge is 0.407 e. The summed E-state index contributed by atoms with van der Waals surface area (Å²) in [4.78, 5) is 36.2. The number of carboxylic acids is 1. The molecule has 0 spiro atoms. The lowest BCUT2D eigenvalue weighted by atomic mass is 9.86. The van der Waals surface area contributed by atoms with Gasteiger partial charge in [-0.3, -0.25) is 4.79 Å². The molecule has 2 aromatic carbocycles. The van der Waals surface area contributed by atoms with Crippen molar-refractivity contribution in [3.8, 4) is 11.1 Å². The van der Waals surface area contributed by atoms with E-state index < -0.39 is 35.5 Å². The summed E-state index contributed by atoms with van der Waals surface area (Å²) in [5, 5.41) is 14.5. The fraction of sp³-hybridized carbons (Fsp3) is 0.423. The second-order valence-corrected chi connectivity index (χ2v) is 9.47. The van der Waals surface area contributed by atoms with Crippen LogP contribution < -0.4 is 10.6 Å². The van der Waals surface area contributed by atoms with Crippen molar-refractivity contribution in [2.75, 3.05) is 20.3 Å². The Morgan fingerprint density at radius 3 is 2.06 bits per heavy atom. The number of methoxy groups -OCH3 is 1. The first-order valence-corrected chi connectivity index (χ1v) is 11.3. The number of ether oxygens (including phenoxy) is 2. The SMILES string of the molecule is COC(CNC(=O)OCC1c2ccccc2-c2ccccc21)CC(=O)NC(C(=O)O)C(C)(C)C. The Bertz CT molecular complexity index is 1000. The maximum Gasteiger partial charge on any atom is 0.407 e. The molecular formula is C26H32N2O6. The highest BCUT2D eigenvalue weighted by Crippen LogP contribution is 2.44. The van der Waals surface area contributed by atoms with Crippen molar-refractivity contribution in [2.45, 2.75) is 45.3 Å². The third-order valence-corrected chi connectivity index (χ3v) is 5.98. The lowest BCUT2D eigenvalue weighted by Gasteiger charge is -2.28. The van der Waals surface area contributed by atoms with Crippen LogP contribution in [0.5, 0.6) is 0 Å². The first kappa shape index (κ1) is 25.2. The molecular weight excluding hydrogens is 436 g/mol. The summed E-state index contributed by atoms with van der Waals surface area (Å²) in [6, 6.07) is 15.1. The van der Waals surface area contributed by atoms with E-state index in [2.05, 4.69) is 22.8 Å². The van der Waals surface area contributed by atoms with Gasteiger partial charge in [-0.1, -0.05) is 69.3 Å². The number of amides is 2. The third-order valence-electron chi connectivity index (χ3n) is 5.98. The fourth-order valence-electron chi connectivity index (χ4n) is 4.16. The van der Waals surface area contributed by atoms with E-state index in [-0.39, 0.29) is 25.5 Å². The van der Waals surface area contributed by atoms with Gasteiger partial charge in [0.25, 0.3) is 0 Å². The van der Waals surface area contributed by atoms with Crippen LogP contribution in [-0.4, -0.2) is 55.5 Å². The van der Waals surface area contributed by atoms with E-state index in [1.54, 1.807) is 20.8 Å². The predicted molar refractivity (Wildman–Crippen MR) is 128 cm³/mol. The number of aliphatic carboxylic acids is 1. The number of alkyl carbamates (subject to hydrolysis) is 1. The number of hydrogen-bond donors (Lipinski definition) is 3. The monoisotopic (exact) mass is 468 g/mol. The zero-order valence-corrected chi connectivity index (χ0v) is 20.0. The molecule has 0 bridgehead atoms. The Kier molecular flexibility index (Phi) is 7.94. The molecule has 182 valence electrons. The van der Waals surface area contributed by atoms with Crippen molar-refractivity contribution in [1.82, 2.24) is 10.6 Å². The molecule has 0 saturated carbocycles. The zero-order valence-electron chi connectivity index (χ0n) is 20.0. The molecule has 3 rings (SSSR count). The quantitative estimate of drug-likeness (QED) is 0.519. The molecule has 8 nitrogen and oxygen atoms in total. The summed E-state index contributed by atoms with van der Waals surface area (Å²) in [6.07, 6.45) is -1.34. The van der Waals surface area contributed by atoms with Crippen molar-refractivity contribution >= 4 is 18.0 Å². The molecule has 0 saturated heterocycles. The molecule has 0 aliphatic heterocycles. The van der Waals surface area contributed by atoms with Crippen molar-refractivity contribution in [2.24, 2.45) is 5.41 Å². The molecule has 34 heavy (non-hydrogen) atoms. The normalized spacial score (nSPS) is 14.5. The average Bonchev–Trinajstić information content (AvgIpc) is 3.11. The summed E-state index contributed by atoms with van der Waals surface area (Å²) in [7, 11) is 1.43. The minimum absolute atomic E-state index is 0.0486. The molecule has 2 amide bonds. The molecule has 2 aromatic rings. The lowest BCUT2D eigenvalue weighted by molar-refractivity contribution is -0.145. The van der Waals surface area contributed by atoms with Crippen LogP contribution in [0.2, 0.25) is 0 Å². The first-order valence-electron chi connectivity index (χ1n) is 11.3. The summed E-state index contributed by atoms with van der Waals surface area (Å²) in [5.74, 6) is -1.62. The van der Waals surface area contributed by atoms with Crippen LogP contribution in [0.3, 0.4) is 0 Å². The Labute approximate surface area is 199 Å². The molecule has 0 fully saturated rings. The Morgan fingerprint density at radius 1 is 1.00 bits per heavy atom. The number of carbonyl (C=O) groups is 3. The molecule has 1 aliphatic rings. The van der Waals surface area contributed by atoms with Crippen LogP contribution in [0.1, 0.15) is 44.2 Å². The van der Waals surface area contributed by atoms with Gasteiger partial charge in [-0.2, -0.15) is 0 Å². The maximum absolute atomic E-state index is 12.4. The number of benzene rings is 2. The molecule has 0 aromatic heterocycles. The Morgan fingerprint density at radius 2 is 1.56 bits per heavy atom. The Balaban J connectivity index is 1.52. The van der Waals surface area contributed by atoms with Crippen molar-refractivity contribution in [1.29, 1.82) is 0 Å². The van der Waals surface area contributed by atoms with Crippen LogP contribution in [0, 0.1) is 5.41 Å².